The minimum absolute atomic E-state index is 0.741. The van der Waals surface area contributed by atoms with Crippen molar-refractivity contribution in [2.75, 3.05) is 16.0 Å². The third kappa shape index (κ3) is 9.78. The van der Waals surface area contributed by atoms with Gasteiger partial charge in [-0.05, 0) is 145 Å². The lowest BCUT2D eigenvalue weighted by atomic mass is 9.98. The summed E-state index contributed by atoms with van der Waals surface area (Å²) in [5.74, 6) is 2.28. The van der Waals surface area contributed by atoms with Gasteiger partial charge in [-0.15, -0.1) is 0 Å². The van der Waals surface area contributed by atoms with Gasteiger partial charge in [-0.2, -0.15) is 0 Å². The first-order chi connectivity index (χ1) is 25.7. The van der Waals surface area contributed by atoms with Crippen molar-refractivity contribution in [3.63, 3.8) is 0 Å². The molecule has 0 aliphatic rings. The first kappa shape index (κ1) is 39.4. The van der Waals surface area contributed by atoms with Crippen LogP contribution >= 0.6 is 0 Å². The standard InChI is InChI=1S/C47H55N7/c1-28-17-13-18-29(2)40(28)25-36(9)48-41-26-43(50-38(11)53-46-32(5)21-15-22-33(46)6)44(51-39(12)54-47-34(7)23-16-24-35(47)8)27-42(41)49-37(10)52-45-30(3)19-14-20-31(45)4/h13-24,26-27H,25H2,1-12H3,(H,49,52)(H,50,53)(H,51,54). The number of aryl methyl sites for hydroxylation is 8. The second kappa shape index (κ2) is 17.3. The van der Waals surface area contributed by atoms with Crippen molar-refractivity contribution in [1.82, 2.24) is 0 Å². The zero-order valence-corrected chi connectivity index (χ0v) is 34.1. The number of hydrogen-bond donors (Lipinski definition) is 3. The van der Waals surface area contributed by atoms with E-state index in [9.17, 15) is 0 Å². The maximum atomic E-state index is 5.28. The number of aliphatic imine (C=N–C) groups is 4. The number of para-hydroxylation sites is 3. The van der Waals surface area contributed by atoms with Crippen molar-refractivity contribution >= 4 is 63.0 Å². The highest BCUT2D eigenvalue weighted by atomic mass is 15.1. The zero-order chi connectivity index (χ0) is 39.1. The van der Waals surface area contributed by atoms with Crippen LogP contribution in [0, 0.1) is 55.4 Å². The van der Waals surface area contributed by atoms with E-state index in [2.05, 4.69) is 163 Å². The lowest BCUT2D eigenvalue weighted by Gasteiger charge is -2.19. The number of nitrogens with zero attached hydrogens (tertiary/aromatic N) is 4. The highest BCUT2D eigenvalue weighted by Crippen LogP contribution is 2.37. The molecule has 7 heteroatoms. The van der Waals surface area contributed by atoms with E-state index in [0.29, 0.717) is 0 Å². The lowest BCUT2D eigenvalue weighted by molar-refractivity contribution is 1.19. The normalized spacial score (nSPS) is 12.6. The van der Waals surface area contributed by atoms with E-state index in [-0.39, 0.29) is 0 Å². The molecule has 0 radical (unpaired) electrons. The third-order valence-electron chi connectivity index (χ3n) is 9.63. The topological polar surface area (TPSA) is 85.5 Å². The molecule has 7 nitrogen and oxygen atoms in total. The fourth-order valence-corrected chi connectivity index (χ4v) is 6.73. The van der Waals surface area contributed by atoms with Crippen LogP contribution in [0.15, 0.2) is 105 Å². The summed E-state index contributed by atoms with van der Waals surface area (Å²) in [6.07, 6.45) is 0.741. The summed E-state index contributed by atoms with van der Waals surface area (Å²) in [6.45, 7) is 25.0. The SMILES string of the molecule is CC(Cc1c(C)cccc1C)=Nc1cc(NC(C)=Nc2c(C)cccc2C)c(NC(C)=Nc2c(C)cccc2C)cc1NC(C)=Nc1c(C)cccc1C. The predicted molar refractivity (Wildman–Crippen MR) is 236 cm³/mol. The molecule has 5 aromatic carbocycles. The number of anilines is 3. The Labute approximate surface area is 322 Å². The predicted octanol–water partition coefficient (Wildman–Crippen LogP) is 13.0. The summed E-state index contributed by atoms with van der Waals surface area (Å²) in [5.41, 5.74) is 17.7. The quantitative estimate of drug-likeness (QED) is 0.105. The van der Waals surface area contributed by atoms with Gasteiger partial charge in [0.2, 0.25) is 0 Å². The fourth-order valence-electron chi connectivity index (χ4n) is 6.73. The molecule has 5 aromatic rings. The summed E-state index contributed by atoms with van der Waals surface area (Å²) in [7, 11) is 0. The minimum atomic E-state index is 0.741. The molecule has 0 saturated heterocycles. The Balaban J connectivity index is 1.67. The molecular formula is C47H55N7. The molecule has 0 spiro atoms. The molecule has 0 amide bonds. The van der Waals surface area contributed by atoms with Crippen LogP contribution in [0.4, 0.5) is 39.8 Å². The van der Waals surface area contributed by atoms with Gasteiger partial charge in [-0.3, -0.25) is 4.99 Å². The molecule has 0 heterocycles. The Bertz CT molecular complexity index is 2230. The Kier molecular flexibility index (Phi) is 12.6. The van der Waals surface area contributed by atoms with Crippen LogP contribution in [0.25, 0.3) is 0 Å². The molecule has 0 fully saturated rings. The summed E-state index contributed by atoms with van der Waals surface area (Å²) in [4.78, 5) is 20.4. The second-order valence-electron chi connectivity index (χ2n) is 14.5. The Morgan fingerprint density at radius 2 is 0.722 bits per heavy atom. The molecule has 0 atom stereocenters. The largest absolute Gasteiger partial charge is 0.342 e. The zero-order valence-electron chi connectivity index (χ0n) is 34.1. The Morgan fingerprint density at radius 1 is 0.407 bits per heavy atom. The average Bonchev–Trinajstić information content (AvgIpc) is 3.10. The van der Waals surface area contributed by atoms with Crippen LogP contribution < -0.4 is 16.0 Å². The first-order valence-electron chi connectivity index (χ1n) is 18.6. The first-order valence-corrected chi connectivity index (χ1v) is 18.6. The van der Waals surface area contributed by atoms with Gasteiger partial charge < -0.3 is 16.0 Å². The van der Waals surface area contributed by atoms with Crippen molar-refractivity contribution in [2.45, 2.75) is 89.5 Å². The highest BCUT2D eigenvalue weighted by molar-refractivity contribution is 6.07. The molecular weight excluding hydrogens is 663 g/mol. The lowest BCUT2D eigenvalue weighted by Crippen LogP contribution is -2.15. The number of benzene rings is 5. The van der Waals surface area contributed by atoms with Crippen molar-refractivity contribution in [1.29, 1.82) is 0 Å². The fraction of sp³-hybridized carbons (Fsp3) is 0.277. The highest BCUT2D eigenvalue weighted by Gasteiger charge is 2.15. The van der Waals surface area contributed by atoms with E-state index in [1.165, 1.54) is 16.7 Å². The summed E-state index contributed by atoms with van der Waals surface area (Å²) in [6, 6.07) is 29.4. The van der Waals surface area contributed by atoms with Crippen LogP contribution in [-0.2, 0) is 6.42 Å². The third-order valence-corrected chi connectivity index (χ3v) is 9.63. The van der Waals surface area contributed by atoms with Gasteiger partial charge in [0.05, 0.1) is 39.8 Å². The van der Waals surface area contributed by atoms with Gasteiger partial charge in [0.1, 0.15) is 17.5 Å². The summed E-state index contributed by atoms with van der Waals surface area (Å²) in [5, 5.41) is 10.9. The molecule has 0 aliphatic heterocycles. The molecule has 0 unspecified atom stereocenters. The van der Waals surface area contributed by atoms with E-state index in [4.69, 9.17) is 20.0 Å². The van der Waals surface area contributed by atoms with E-state index in [0.717, 1.165) is 103 Å². The summed E-state index contributed by atoms with van der Waals surface area (Å²) >= 11 is 0. The molecule has 0 aliphatic carbocycles. The number of nitrogens with one attached hydrogen (secondary N) is 3. The van der Waals surface area contributed by atoms with Crippen LogP contribution in [0.2, 0.25) is 0 Å². The van der Waals surface area contributed by atoms with E-state index in [1.54, 1.807) is 0 Å². The Morgan fingerprint density at radius 3 is 1.09 bits per heavy atom. The van der Waals surface area contributed by atoms with Gasteiger partial charge >= 0.3 is 0 Å². The van der Waals surface area contributed by atoms with Crippen LogP contribution in [0.3, 0.4) is 0 Å². The van der Waals surface area contributed by atoms with E-state index in [1.807, 2.05) is 20.8 Å². The van der Waals surface area contributed by atoms with E-state index >= 15 is 0 Å². The number of rotatable bonds is 9. The molecule has 278 valence electrons. The van der Waals surface area contributed by atoms with Crippen LogP contribution in [0.1, 0.15) is 77.8 Å². The van der Waals surface area contributed by atoms with Crippen molar-refractivity contribution in [3.8, 4) is 0 Å². The van der Waals surface area contributed by atoms with Crippen molar-refractivity contribution < 1.29 is 0 Å². The number of amidine groups is 3. The molecule has 3 N–H and O–H groups in total. The second-order valence-corrected chi connectivity index (χ2v) is 14.5. The molecule has 0 bridgehead atoms. The average molecular weight is 718 g/mol. The van der Waals surface area contributed by atoms with E-state index < -0.39 is 0 Å². The molecule has 0 saturated carbocycles. The Hall–Kier alpha value is -5.82. The summed E-state index contributed by atoms with van der Waals surface area (Å²) < 4.78 is 0. The van der Waals surface area contributed by atoms with Crippen LogP contribution in [0.5, 0.6) is 0 Å². The van der Waals surface area contributed by atoms with Gasteiger partial charge in [-0.1, -0.05) is 72.8 Å². The molecule has 54 heavy (non-hydrogen) atoms. The molecule has 5 rings (SSSR count). The minimum Gasteiger partial charge on any atom is -0.342 e. The van der Waals surface area contributed by atoms with Crippen LogP contribution in [-0.4, -0.2) is 23.2 Å². The molecule has 0 aromatic heterocycles. The van der Waals surface area contributed by atoms with Gasteiger partial charge in [0.25, 0.3) is 0 Å². The van der Waals surface area contributed by atoms with Crippen molar-refractivity contribution in [3.05, 3.63) is 135 Å². The van der Waals surface area contributed by atoms with Gasteiger partial charge in [0, 0.05) is 12.1 Å². The smallest absolute Gasteiger partial charge is 0.104 e. The maximum Gasteiger partial charge on any atom is 0.104 e. The van der Waals surface area contributed by atoms with Gasteiger partial charge in [-0.25, -0.2) is 15.0 Å². The number of hydrogen-bond acceptors (Lipinski definition) is 4. The monoisotopic (exact) mass is 717 g/mol. The maximum absolute atomic E-state index is 5.28. The van der Waals surface area contributed by atoms with Gasteiger partial charge in [0.15, 0.2) is 0 Å². The van der Waals surface area contributed by atoms with Crippen molar-refractivity contribution in [2.24, 2.45) is 20.0 Å².